The van der Waals surface area contributed by atoms with Gasteiger partial charge in [-0.2, -0.15) is 0 Å². The number of hydrogen-bond acceptors (Lipinski definition) is 5. The Morgan fingerprint density at radius 3 is 2.15 bits per heavy atom. The van der Waals surface area contributed by atoms with Gasteiger partial charge >= 0.3 is 6.03 Å². The van der Waals surface area contributed by atoms with Crippen LogP contribution in [0.25, 0.3) is 0 Å². The average molecular weight is 540 g/mol. The van der Waals surface area contributed by atoms with Gasteiger partial charge in [0.2, 0.25) is 11.8 Å². The normalized spacial score (nSPS) is 26.4. The number of anilines is 1. The number of urea groups is 1. The lowest BCUT2D eigenvalue weighted by atomic mass is 9.72. The third kappa shape index (κ3) is 6.51. The van der Waals surface area contributed by atoms with Crippen LogP contribution >= 0.6 is 0 Å². The van der Waals surface area contributed by atoms with Crippen molar-refractivity contribution in [3.05, 3.63) is 30.3 Å². The Hall–Kier alpha value is -2.81. The summed E-state index contributed by atoms with van der Waals surface area (Å²) < 4.78 is 0. The van der Waals surface area contributed by atoms with Crippen LogP contribution in [0, 0.1) is 17.8 Å². The molecule has 39 heavy (non-hydrogen) atoms. The molecule has 5 rings (SSSR count). The van der Waals surface area contributed by atoms with Crippen molar-refractivity contribution in [1.82, 2.24) is 20.2 Å². The van der Waals surface area contributed by atoms with E-state index in [1.54, 1.807) is 0 Å². The van der Waals surface area contributed by atoms with Crippen LogP contribution in [-0.4, -0.2) is 89.6 Å². The lowest BCUT2D eigenvalue weighted by Crippen LogP contribution is -2.54. The molecule has 4 aliphatic rings. The number of hydroxylamine groups is 1. The Balaban J connectivity index is 1.22. The monoisotopic (exact) mass is 539 g/mol. The fraction of sp³-hybridized carbons (Fsp3) is 0.700. The molecule has 9 nitrogen and oxygen atoms in total. The summed E-state index contributed by atoms with van der Waals surface area (Å²) in [5.74, 6) is -1.33. The van der Waals surface area contributed by atoms with E-state index in [1.165, 1.54) is 6.42 Å². The maximum atomic E-state index is 13.7. The first-order chi connectivity index (χ1) is 19.0. The van der Waals surface area contributed by atoms with Crippen LogP contribution in [0.1, 0.15) is 64.2 Å². The van der Waals surface area contributed by atoms with Gasteiger partial charge in [-0.1, -0.05) is 31.0 Å². The van der Waals surface area contributed by atoms with Crippen LogP contribution in [0.3, 0.4) is 0 Å². The number of piperidine rings is 1. The van der Waals surface area contributed by atoms with Gasteiger partial charge in [0.05, 0.1) is 5.92 Å². The van der Waals surface area contributed by atoms with Crippen molar-refractivity contribution in [2.45, 2.75) is 70.3 Å². The van der Waals surface area contributed by atoms with Crippen LogP contribution in [0.2, 0.25) is 0 Å². The van der Waals surface area contributed by atoms with Crippen LogP contribution in [-0.2, 0) is 9.59 Å². The number of carbonyl (C=O) groups is 3. The number of piperazine rings is 1. The molecule has 0 radical (unpaired) electrons. The van der Waals surface area contributed by atoms with Gasteiger partial charge in [0.25, 0.3) is 0 Å². The summed E-state index contributed by atoms with van der Waals surface area (Å²) >= 11 is 0. The van der Waals surface area contributed by atoms with Crippen molar-refractivity contribution in [1.29, 1.82) is 0 Å². The number of nitrogens with zero attached hydrogens (tertiary/aromatic N) is 4. The molecule has 9 heteroatoms. The fourth-order valence-electron chi connectivity index (χ4n) is 7.29. The van der Waals surface area contributed by atoms with E-state index in [1.807, 2.05) is 33.5 Å². The number of para-hydroxylation sites is 1. The molecule has 3 atom stereocenters. The van der Waals surface area contributed by atoms with Crippen LogP contribution in [0.15, 0.2) is 30.3 Å². The second-order valence-electron chi connectivity index (χ2n) is 11.9. The summed E-state index contributed by atoms with van der Waals surface area (Å²) in [6, 6.07) is 10.7. The molecule has 0 spiro atoms. The average Bonchev–Trinajstić information content (AvgIpc) is 3.54. The van der Waals surface area contributed by atoms with Gasteiger partial charge in [-0.3, -0.25) is 14.8 Å². The highest BCUT2D eigenvalue weighted by Crippen LogP contribution is 2.37. The third-order valence-corrected chi connectivity index (χ3v) is 9.53. The molecular weight excluding hydrogens is 494 g/mol. The number of nitrogens with one attached hydrogen (secondary N) is 1. The summed E-state index contributed by atoms with van der Waals surface area (Å²) in [6.07, 6.45) is 9.65. The Morgan fingerprint density at radius 2 is 1.49 bits per heavy atom. The van der Waals surface area contributed by atoms with E-state index in [-0.39, 0.29) is 23.9 Å². The lowest BCUT2D eigenvalue weighted by Gasteiger charge is -2.42. The first-order valence-corrected chi connectivity index (χ1v) is 15.1. The highest BCUT2D eigenvalue weighted by molar-refractivity contribution is 5.87. The summed E-state index contributed by atoms with van der Waals surface area (Å²) in [7, 11) is 0. The Labute approximate surface area is 232 Å². The third-order valence-electron chi connectivity index (χ3n) is 9.53. The quantitative estimate of drug-likeness (QED) is 0.424. The minimum atomic E-state index is -0.580. The second-order valence-corrected chi connectivity index (χ2v) is 11.9. The highest BCUT2D eigenvalue weighted by Gasteiger charge is 2.43. The molecule has 2 N–H and O–H groups in total. The van der Waals surface area contributed by atoms with Gasteiger partial charge < -0.3 is 19.6 Å². The van der Waals surface area contributed by atoms with Crippen molar-refractivity contribution in [2.24, 2.45) is 17.8 Å². The predicted octanol–water partition coefficient (Wildman–Crippen LogP) is 3.72. The number of hydrogen-bond donors (Lipinski definition) is 2. The van der Waals surface area contributed by atoms with Gasteiger partial charge in [0.1, 0.15) is 0 Å². The van der Waals surface area contributed by atoms with E-state index >= 15 is 0 Å². The molecule has 2 saturated heterocycles. The summed E-state index contributed by atoms with van der Waals surface area (Å²) in [5, 5.41) is 9.55. The first kappa shape index (κ1) is 27.7. The molecule has 214 valence electrons. The largest absolute Gasteiger partial charge is 0.368 e. The van der Waals surface area contributed by atoms with Gasteiger partial charge in [-0.15, -0.1) is 0 Å². The standard InChI is InChI=1S/C30H45N5O4/c36-28(31-39)27-21-23(22-35(25-11-5-6-12-25)30(38)34-15-7-2-8-16-34)13-14-26(27)29(37)33-19-17-32(18-20-33)24-9-3-1-4-10-24/h1,3-4,9-10,23,25-27,39H,2,5-8,11-22H2,(H,31,36)/t23?,26-,27-/m0/s1. The van der Waals surface area contributed by atoms with Crippen LogP contribution in [0.5, 0.6) is 0 Å². The highest BCUT2D eigenvalue weighted by atomic mass is 16.5. The molecule has 0 bridgehead atoms. The molecular formula is C30H45N5O4. The minimum Gasteiger partial charge on any atom is -0.368 e. The first-order valence-electron chi connectivity index (χ1n) is 15.1. The van der Waals surface area contributed by atoms with Crippen molar-refractivity contribution in [2.75, 3.05) is 50.7 Å². The molecule has 2 saturated carbocycles. The van der Waals surface area contributed by atoms with Crippen LogP contribution < -0.4 is 10.4 Å². The Morgan fingerprint density at radius 1 is 0.795 bits per heavy atom. The van der Waals surface area contributed by atoms with E-state index in [0.29, 0.717) is 32.5 Å². The van der Waals surface area contributed by atoms with E-state index in [0.717, 1.165) is 76.8 Å². The number of benzene rings is 1. The summed E-state index contributed by atoms with van der Waals surface area (Å²) in [4.78, 5) is 48.4. The van der Waals surface area contributed by atoms with Gasteiger partial charge in [0, 0.05) is 63.5 Å². The molecule has 1 aromatic rings. The molecule has 2 heterocycles. The molecule has 4 amide bonds. The molecule has 4 fully saturated rings. The molecule has 2 aliphatic carbocycles. The lowest BCUT2D eigenvalue weighted by molar-refractivity contribution is -0.148. The SMILES string of the molecule is O=C(NO)[C@H]1CC(CN(C(=O)N2CCCCC2)C2CCCC2)CC[C@@H]1C(=O)N1CCN(c2ccccc2)CC1. The van der Waals surface area contributed by atoms with Crippen LogP contribution in [0.4, 0.5) is 10.5 Å². The van der Waals surface area contributed by atoms with E-state index in [9.17, 15) is 19.6 Å². The van der Waals surface area contributed by atoms with Crippen molar-refractivity contribution in [3.8, 4) is 0 Å². The van der Waals surface area contributed by atoms with Gasteiger partial charge in [-0.25, -0.2) is 10.3 Å². The van der Waals surface area contributed by atoms with E-state index in [4.69, 9.17) is 0 Å². The predicted molar refractivity (Wildman–Crippen MR) is 149 cm³/mol. The molecule has 1 unspecified atom stereocenters. The zero-order valence-corrected chi connectivity index (χ0v) is 23.2. The number of rotatable bonds is 6. The smallest absolute Gasteiger partial charge is 0.320 e. The van der Waals surface area contributed by atoms with Gasteiger partial charge in [0.15, 0.2) is 0 Å². The number of likely N-dealkylation sites (tertiary alicyclic amines) is 1. The Bertz CT molecular complexity index is 971. The Kier molecular flexibility index (Phi) is 9.27. The second kappa shape index (κ2) is 13.0. The molecule has 1 aromatic carbocycles. The topological polar surface area (TPSA) is 96.4 Å². The number of amides is 4. The molecule has 2 aliphatic heterocycles. The van der Waals surface area contributed by atoms with E-state index < -0.39 is 17.7 Å². The maximum absolute atomic E-state index is 13.7. The maximum Gasteiger partial charge on any atom is 0.320 e. The summed E-state index contributed by atoms with van der Waals surface area (Å²) in [6.45, 7) is 5.06. The van der Waals surface area contributed by atoms with Gasteiger partial charge in [-0.05, 0) is 69.4 Å². The fourth-order valence-corrected chi connectivity index (χ4v) is 7.29. The van der Waals surface area contributed by atoms with Crippen molar-refractivity contribution < 1.29 is 19.6 Å². The van der Waals surface area contributed by atoms with Crippen molar-refractivity contribution in [3.63, 3.8) is 0 Å². The summed E-state index contributed by atoms with van der Waals surface area (Å²) in [5.41, 5.74) is 3.01. The number of carbonyl (C=O) groups excluding carboxylic acids is 3. The minimum absolute atomic E-state index is 0.0202. The van der Waals surface area contributed by atoms with E-state index in [2.05, 4.69) is 21.9 Å². The van der Waals surface area contributed by atoms with Crippen molar-refractivity contribution >= 4 is 23.5 Å². The zero-order chi connectivity index (χ0) is 27.2. The molecule has 0 aromatic heterocycles. The zero-order valence-electron chi connectivity index (χ0n) is 23.2.